The SMILES string of the molecule is CCCN1CCN(CC(C)CNC(C)C)C(=O)C1=O. The Morgan fingerprint density at radius 2 is 1.68 bits per heavy atom. The molecule has 0 saturated carbocycles. The molecule has 1 unspecified atom stereocenters. The van der Waals surface area contributed by atoms with Crippen LogP contribution in [0.4, 0.5) is 0 Å². The Morgan fingerprint density at radius 3 is 2.26 bits per heavy atom. The van der Waals surface area contributed by atoms with Crippen LogP contribution in [-0.2, 0) is 9.59 Å². The molecule has 0 spiro atoms. The van der Waals surface area contributed by atoms with Gasteiger partial charge >= 0.3 is 11.8 Å². The largest absolute Gasteiger partial charge is 0.333 e. The van der Waals surface area contributed by atoms with Crippen LogP contribution in [0.15, 0.2) is 0 Å². The van der Waals surface area contributed by atoms with Crippen LogP contribution >= 0.6 is 0 Å². The third-order valence-corrected chi connectivity index (χ3v) is 3.30. The molecule has 0 radical (unpaired) electrons. The Balaban J connectivity index is 2.44. The Hall–Kier alpha value is -1.10. The fraction of sp³-hybridized carbons (Fsp3) is 0.857. The van der Waals surface area contributed by atoms with E-state index in [4.69, 9.17) is 0 Å². The van der Waals surface area contributed by atoms with Crippen molar-refractivity contribution in [2.45, 2.75) is 40.2 Å². The van der Waals surface area contributed by atoms with Gasteiger partial charge in [0.25, 0.3) is 0 Å². The van der Waals surface area contributed by atoms with E-state index < -0.39 is 0 Å². The Morgan fingerprint density at radius 1 is 1.11 bits per heavy atom. The number of carbonyl (C=O) groups is 2. The predicted octanol–water partition coefficient (Wildman–Crippen LogP) is 0.701. The molecule has 5 heteroatoms. The second-order valence-electron chi connectivity index (χ2n) is 5.71. The van der Waals surface area contributed by atoms with Crippen LogP contribution in [0.25, 0.3) is 0 Å². The number of amides is 2. The van der Waals surface area contributed by atoms with Gasteiger partial charge < -0.3 is 15.1 Å². The minimum absolute atomic E-state index is 0.336. The minimum Gasteiger partial charge on any atom is -0.333 e. The average molecular weight is 269 g/mol. The summed E-state index contributed by atoms with van der Waals surface area (Å²) in [6.07, 6.45) is 0.897. The molecule has 1 fully saturated rings. The van der Waals surface area contributed by atoms with Crippen LogP contribution in [-0.4, -0.2) is 60.4 Å². The second kappa shape index (κ2) is 7.48. The van der Waals surface area contributed by atoms with Crippen molar-refractivity contribution in [2.75, 3.05) is 32.7 Å². The number of carbonyl (C=O) groups excluding carboxylic acids is 2. The van der Waals surface area contributed by atoms with Crippen molar-refractivity contribution >= 4 is 11.8 Å². The molecule has 0 aliphatic carbocycles. The number of nitrogens with zero attached hydrogens (tertiary/aromatic N) is 2. The van der Waals surface area contributed by atoms with Crippen molar-refractivity contribution < 1.29 is 9.59 Å². The first-order valence-electron chi connectivity index (χ1n) is 7.27. The molecule has 110 valence electrons. The molecule has 0 aromatic heterocycles. The summed E-state index contributed by atoms with van der Waals surface area (Å²) in [6, 6.07) is 0.446. The Labute approximate surface area is 116 Å². The van der Waals surface area contributed by atoms with Crippen LogP contribution in [0.2, 0.25) is 0 Å². The van der Waals surface area contributed by atoms with Crippen LogP contribution < -0.4 is 5.32 Å². The van der Waals surface area contributed by atoms with Crippen LogP contribution in [0.5, 0.6) is 0 Å². The highest BCUT2D eigenvalue weighted by atomic mass is 16.2. The summed E-state index contributed by atoms with van der Waals surface area (Å²) >= 11 is 0. The fourth-order valence-corrected chi connectivity index (χ4v) is 2.25. The maximum Gasteiger partial charge on any atom is 0.312 e. The van der Waals surface area contributed by atoms with E-state index in [-0.39, 0.29) is 11.8 Å². The molecule has 2 amide bonds. The Bertz CT molecular complexity index is 318. The maximum absolute atomic E-state index is 12.0. The first-order chi connectivity index (χ1) is 8.95. The van der Waals surface area contributed by atoms with Crippen molar-refractivity contribution in [1.82, 2.24) is 15.1 Å². The monoisotopic (exact) mass is 269 g/mol. The lowest BCUT2D eigenvalue weighted by molar-refractivity contribution is -0.156. The van der Waals surface area contributed by atoms with Crippen LogP contribution in [0, 0.1) is 5.92 Å². The van der Waals surface area contributed by atoms with Crippen molar-refractivity contribution in [3.8, 4) is 0 Å². The molecule has 0 aromatic rings. The van der Waals surface area contributed by atoms with Crippen molar-refractivity contribution in [3.63, 3.8) is 0 Å². The summed E-state index contributed by atoms with van der Waals surface area (Å²) in [4.78, 5) is 27.2. The van der Waals surface area contributed by atoms with E-state index in [0.717, 1.165) is 13.0 Å². The van der Waals surface area contributed by atoms with E-state index in [1.165, 1.54) is 0 Å². The highest BCUT2D eigenvalue weighted by Gasteiger charge is 2.32. The van der Waals surface area contributed by atoms with Gasteiger partial charge in [0.2, 0.25) is 0 Å². The highest BCUT2D eigenvalue weighted by Crippen LogP contribution is 2.08. The molecule has 19 heavy (non-hydrogen) atoms. The fourth-order valence-electron chi connectivity index (χ4n) is 2.25. The lowest BCUT2D eigenvalue weighted by atomic mass is 10.1. The summed E-state index contributed by atoms with van der Waals surface area (Å²) in [7, 11) is 0. The van der Waals surface area contributed by atoms with E-state index in [2.05, 4.69) is 26.1 Å². The number of hydrogen-bond acceptors (Lipinski definition) is 3. The summed E-state index contributed by atoms with van der Waals surface area (Å²) in [6.45, 7) is 11.9. The summed E-state index contributed by atoms with van der Waals surface area (Å²) in [5.41, 5.74) is 0. The number of nitrogens with one attached hydrogen (secondary N) is 1. The van der Waals surface area contributed by atoms with Crippen LogP contribution in [0.1, 0.15) is 34.1 Å². The first kappa shape index (κ1) is 16.0. The van der Waals surface area contributed by atoms with Crippen molar-refractivity contribution in [1.29, 1.82) is 0 Å². The maximum atomic E-state index is 12.0. The molecule has 1 N–H and O–H groups in total. The molecule has 1 atom stereocenters. The number of hydrogen-bond donors (Lipinski definition) is 1. The highest BCUT2D eigenvalue weighted by molar-refractivity contribution is 6.35. The van der Waals surface area contributed by atoms with Gasteiger partial charge in [-0.15, -0.1) is 0 Å². The molecule has 1 aliphatic rings. The van der Waals surface area contributed by atoms with Crippen LogP contribution in [0.3, 0.4) is 0 Å². The zero-order valence-electron chi connectivity index (χ0n) is 12.6. The lowest BCUT2D eigenvalue weighted by Gasteiger charge is -2.35. The minimum atomic E-state index is -0.337. The summed E-state index contributed by atoms with van der Waals surface area (Å²) in [5, 5.41) is 3.36. The van der Waals surface area contributed by atoms with Gasteiger partial charge in [-0.2, -0.15) is 0 Å². The molecule has 0 bridgehead atoms. The summed E-state index contributed by atoms with van der Waals surface area (Å²) in [5.74, 6) is -0.315. The molecule has 1 heterocycles. The van der Waals surface area contributed by atoms with E-state index in [1.54, 1.807) is 9.80 Å². The first-order valence-corrected chi connectivity index (χ1v) is 7.27. The zero-order valence-corrected chi connectivity index (χ0v) is 12.6. The van der Waals surface area contributed by atoms with Gasteiger partial charge in [0, 0.05) is 32.2 Å². The third-order valence-electron chi connectivity index (χ3n) is 3.30. The van der Waals surface area contributed by atoms with Gasteiger partial charge in [0.1, 0.15) is 0 Å². The van der Waals surface area contributed by atoms with Gasteiger partial charge in [-0.25, -0.2) is 0 Å². The molecular weight excluding hydrogens is 242 g/mol. The Kier molecular flexibility index (Phi) is 6.28. The van der Waals surface area contributed by atoms with E-state index in [1.807, 2.05) is 6.92 Å². The summed E-state index contributed by atoms with van der Waals surface area (Å²) < 4.78 is 0. The third kappa shape index (κ3) is 4.82. The van der Waals surface area contributed by atoms with Gasteiger partial charge in [-0.1, -0.05) is 27.7 Å². The lowest BCUT2D eigenvalue weighted by Crippen LogP contribution is -2.55. The topological polar surface area (TPSA) is 52.6 Å². The van der Waals surface area contributed by atoms with E-state index in [0.29, 0.717) is 38.1 Å². The molecule has 0 aromatic carbocycles. The quantitative estimate of drug-likeness (QED) is 0.692. The molecule has 5 nitrogen and oxygen atoms in total. The van der Waals surface area contributed by atoms with Gasteiger partial charge in [0.15, 0.2) is 0 Å². The number of piperazine rings is 1. The van der Waals surface area contributed by atoms with Crippen molar-refractivity contribution in [3.05, 3.63) is 0 Å². The van der Waals surface area contributed by atoms with Gasteiger partial charge in [-0.3, -0.25) is 9.59 Å². The zero-order chi connectivity index (χ0) is 14.4. The van der Waals surface area contributed by atoms with Crippen molar-refractivity contribution in [2.24, 2.45) is 5.92 Å². The number of rotatable bonds is 7. The predicted molar refractivity (Wildman–Crippen MR) is 75.8 cm³/mol. The molecule has 1 rings (SSSR count). The molecule has 1 saturated heterocycles. The second-order valence-corrected chi connectivity index (χ2v) is 5.71. The molecular formula is C14H27N3O2. The smallest absolute Gasteiger partial charge is 0.312 e. The van der Waals surface area contributed by atoms with E-state index in [9.17, 15) is 9.59 Å². The van der Waals surface area contributed by atoms with Gasteiger partial charge in [-0.05, 0) is 18.9 Å². The molecule has 1 aliphatic heterocycles. The average Bonchev–Trinajstić information content (AvgIpc) is 2.36. The van der Waals surface area contributed by atoms with E-state index >= 15 is 0 Å². The van der Waals surface area contributed by atoms with Gasteiger partial charge in [0.05, 0.1) is 0 Å². The standard InChI is InChI=1S/C14H27N3O2/c1-5-6-16-7-8-17(14(19)13(16)18)10-12(4)9-15-11(2)3/h11-12,15H,5-10H2,1-4H3. The normalized spacial score (nSPS) is 18.4.